The fourth-order valence-corrected chi connectivity index (χ4v) is 2.37. The highest BCUT2D eigenvalue weighted by Crippen LogP contribution is 2.32. The molecule has 0 aliphatic heterocycles. The van der Waals surface area contributed by atoms with Crippen molar-refractivity contribution in [1.29, 1.82) is 10.5 Å². The zero-order valence-corrected chi connectivity index (χ0v) is 13.1. The fraction of sp³-hybridized carbons (Fsp3) is 0. The molecule has 0 saturated carbocycles. The molecule has 0 aromatic heterocycles. The minimum atomic E-state index is -0.472. The highest BCUT2D eigenvalue weighted by atomic mass is 16.5. The number of nitriles is 2. The molecule has 0 radical (unpaired) electrons. The number of ether oxygens (including phenoxy) is 1. The van der Waals surface area contributed by atoms with Gasteiger partial charge in [0.1, 0.15) is 5.75 Å². The lowest BCUT2D eigenvalue weighted by atomic mass is 10.0. The van der Waals surface area contributed by atoms with E-state index in [4.69, 9.17) is 15.3 Å². The minimum Gasteiger partial charge on any atom is -0.422 e. The Morgan fingerprint density at radius 3 is 2.08 bits per heavy atom. The lowest BCUT2D eigenvalue weighted by Gasteiger charge is -2.11. The van der Waals surface area contributed by atoms with E-state index in [9.17, 15) is 4.79 Å². The zero-order valence-electron chi connectivity index (χ0n) is 13.1. The predicted molar refractivity (Wildman–Crippen MR) is 92.7 cm³/mol. The van der Waals surface area contributed by atoms with Gasteiger partial charge in [-0.1, -0.05) is 30.3 Å². The first-order chi connectivity index (χ1) is 12.2. The molecule has 0 unspecified atom stereocenters. The van der Waals surface area contributed by atoms with Gasteiger partial charge in [0, 0.05) is 5.56 Å². The second kappa shape index (κ2) is 7.12. The van der Waals surface area contributed by atoms with Gasteiger partial charge in [0.2, 0.25) is 0 Å². The van der Waals surface area contributed by atoms with Crippen LogP contribution in [0.3, 0.4) is 0 Å². The van der Waals surface area contributed by atoms with Crippen molar-refractivity contribution in [3.63, 3.8) is 0 Å². The van der Waals surface area contributed by atoms with E-state index in [2.05, 4.69) is 12.1 Å². The summed E-state index contributed by atoms with van der Waals surface area (Å²) >= 11 is 0. The van der Waals surface area contributed by atoms with E-state index in [1.165, 1.54) is 0 Å². The highest BCUT2D eigenvalue weighted by molar-refractivity contribution is 5.92. The molecule has 0 N–H and O–H groups in total. The third-order valence-electron chi connectivity index (χ3n) is 3.65. The maximum Gasteiger partial charge on any atom is 0.343 e. The molecule has 118 valence electrons. The first-order valence-corrected chi connectivity index (χ1v) is 7.53. The highest BCUT2D eigenvalue weighted by Gasteiger charge is 2.13. The summed E-state index contributed by atoms with van der Waals surface area (Å²) in [4.78, 5) is 12.3. The molecular weight excluding hydrogens is 312 g/mol. The number of hydrogen-bond donors (Lipinski definition) is 0. The third-order valence-corrected chi connectivity index (χ3v) is 3.65. The Morgan fingerprint density at radius 2 is 1.44 bits per heavy atom. The van der Waals surface area contributed by atoms with E-state index in [0.29, 0.717) is 28.0 Å². The van der Waals surface area contributed by atoms with E-state index in [1.807, 2.05) is 6.07 Å². The Balaban J connectivity index is 2.00. The van der Waals surface area contributed by atoms with Crippen LogP contribution in [0.1, 0.15) is 21.5 Å². The van der Waals surface area contributed by atoms with Crippen LogP contribution in [0.4, 0.5) is 0 Å². The Bertz CT molecular complexity index is 995. The van der Waals surface area contributed by atoms with Crippen molar-refractivity contribution in [2.45, 2.75) is 0 Å². The van der Waals surface area contributed by atoms with Crippen LogP contribution >= 0.6 is 0 Å². The van der Waals surface area contributed by atoms with E-state index in [0.717, 1.165) is 5.56 Å². The molecule has 0 aliphatic rings. The van der Waals surface area contributed by atoms with Crippen LogP contribution in [0, 0.1) is 22.7 Å². The molecule has 3 rings (SSSR count). The second-order valence-corrected chi connectivity index (χ2v) is 5.27. The van der Waals surface area contributed by atoms with E-state index in [-0.39, 0.29) is 0 Å². The van der Waals surface area contributed by atoms with Crippen molar-refractivity contribution in [1.82, 2.24) is 0 Å². The van der Waals surface area contributed by atoms with E-state index in [1.54, 1.807) is 66.7 Å². The topological polar surface area (TPSA) is 73.9 Å². The molecule has 3 aromatic carbocycles. The standard InChI is InChI=1S/C21H12N2O2/c22-13-15-6-9-17(10-7-15)19-12-16(14-23)8-11-20(19)25-21(24)18-4-2-1-3-5-18/h1-12H. The Labute approximate surface area is 145 Å². The quantitative estimate of drug-likeness (QED) is 0.531. The van der Waals surface area contributed by atoms with Crippen molar-refractivity contribution < 1.29 is 9.53 Å². The molecule has 0 fully saturated rings. The lowest BCUT2D eigenvalue weighted by Crippen LogP contribution is -2.09. The number of carbonyl (C=O) groups excluding carboxylic acids is 1. The number of rotatable bonds is 3. The Kier molecular flexibility index (Phi) is 4.55. The van der Waals surface area contributed by atoms with Crippen LogP contribution < -0.4 is 4.74 Å². The average Bonchev–Trinajstić information content (AvgIpc) is 2.69. The number of esters is 1. The summed E-state index contributed by atoms with van der Waals surface area (Å²) in [6, 6.07) is 24.6. The van der Waals surface area contributed by atoms with Gasteiger partial charge in [0.05, 0.1) is 28.8 Å². The lowest BCUT2D eigenvalue weighted by molar-refractivity contribution is 0.0735. The molecule has 4 nitrogen and oxygen atoms in total. The molecule has 3 aromatic rings. The number of hydrogen-bond acceptors (Lipinski definition) is 4. The van der Waals surface area contributed by atoms with Crippen molar-refractivity contribution in [3.05, 3.63) is 89.5 Å². The van der Waals surface area contributed by atoms with Crippen molar-refractivity contribution in [2.75, 3.05) is 0 Å². The average molecular weight is 324 g/mol. The van der Waals surface area contributed by atoms with Crippen LogP contribution in [0.5, 0.6) is 5.75 Å². The summed E-state index contributed by atoms with van der Waals surface area (Å²) in [5, 5.41) is 18.1. The summed E-state index contributed by atoms with van der Waals surface area (Å²) in [6.45, 7) is 0. The molecule has 0 heterocycles. The molecular formula is C21H12N2O2. The first kappa shape index (κ1) is 16.0. The van der Waals surface area contributed by atoms with Gasteiger partial charge >= 0.3 is 5.97 Å². The van der Waals surface area contributed by atoms with Crippen LogP contribution in [-0.2, 0) is 0 Å². The van der Waals surface area contributed by atoms with Gasteiger partial charge in [-0.25, -0.2) is 4.79 Å². The second-order valence-electron chi connectivity index (χ2n) is 5.27. The molecule has 0 bridgehead atoms. The normalized spacial score (nSPS) is 9.68. The zero-order chi connectivity index (χ0) is 17.6. The summed E-state index contributed by atoms with van der Waals surface area (Å²) in [5.41, 5.74) is 2.80. The molecule has 0 aliphatic carbocycles. The molecule has 0 spiro atoms. The van der Waals surface area contributed by atoms with Crippen LogP contribution in [0.15, 0.2) is 72.8 Å². The van der Waals surface area contributed by atoms with Gasteiger partial charge in [0.15, 0.2) is 0 Å². The monoisotopic (exact) mass is 324 g/mol. The van der Waals surface area contributed by atoms with Crippen LogP contribution in [0.25, 0.3) is 11.1 Å². The fourth-order valence-electron chi connectivity index (χ4n) is 2.37. The Morgan fingerprint density at radius 1 is 0.800 bits per heavy atom. The summed E-state index contributed by atoms with van der Waals surface area (Å²) in [5.74, 6) is -0.113. The number of nitrogens with zero attached hydrogens (tertiary/aromatic N) is 2. The maximum atomic E-state index is 12.3. The molecule has 25 heavy (non-hydrogen) atoms. The summed E-state index contributed by atoms with van der Waals surface area (Å²) in [6.07, 6.45) is 0. The van der Waals surface area contributed by atoms with Crippen molar-refractivity contribution in [2.24, 2.45) is 0 Å². The summed E-state index contributed by atoms with van der Waals surface area (Å²) in [7, 11) is 0. The van der Waals surface area contributed by atoms with Gasteiger partial charge in [-0.3, -0.25) is 0 Å². The first-order valence-electron chi connectivity index (χ1n) is 7.53. The van der Waals surface area contributed by atoms with Gasteiger partial charge < -0.3 is 4.74 Å². The predicted octanol–water partition coefficient (Wildman–Crippen LogP) is 4.32. The third kappa shape index (κ3) is 3.55. The largest absolute Gasteiger partial charge is 0.422 e. The summed E-state index contributed by atoms with van der Waals surface area (Å²) < 4.78 is 5.53. The van der Waals surface area contributed by atoms with Gasteiger partial charge in [-0.2, -0.15) is 10.5 Å². The smallest absolute Gasteiger partial charge is 0.343 e. The minimum absolute atomic E-state index is 0.359. The molecule has 0 saturated heterocycles. The van der Waals surface area contributed by atoms with Gasteiger partial charge in [-0.15, -0.1) is 0 Å². The van der Waals surface area contributed by atoms with Crippen molar-refractivity contribution >= 4 is 5.97 Å². The van der Waals surface area contributed by atoms with Crippen LogP contribution in [0.2, 0.25) is 0 Å². The van der Waals surface area contributed by atoms with Gasteiger partial charge in [-0.05, 0) is 48.0 Å². The number of benzene rings is 3. The van der Waals surface area contributed by atoms with Crippen molar-refractivity contribution in [3.8, 4) is 29.0 Å². The van der Waals surface area contributed by atoms with E-state index >= 15 is 0 Å². The molecule has 0 amide bonds. The molecule has 0 atom stereocenters. The van der Waals surface area contributed by atoms with Gasteiger partial charge in [0.25, 0.3) is 0 Å². The molecule has 4 heteroatoms. The van der Waals surface area contributed by atoms with Crippen LogP contribution in [-0.4, -0.2) is 5.97 Å². The maximum absolute atomic E-state index is 12.3. The van der Waals surface area contributed by atoms with E-state index < -0.39 is 5.97 Å². The Hall–Kier alpha value is -3.89. The number of carbonyl (C=O) groups is 1. The SMILES string of the molecule is N#Cc1ccc(-c2cc(C#N)ccc2OC(=O)c2ccccc2)cc1.